The van der Waals surface area contributed by atoms with Gasteiger partial charge in [-0.25, -0.2) is 19.2 Å². The number of nitrogens with zero attached hydrogens (tertiary/aromatic N) is 2. The Bertz CT molecular complexity index is 679. The smallest absolute Gasteiger partial charge is 0.358 e. The Hall–Kier alpha value is -1.73. The molecule has 0 fully saturated rings. The van der Waals surface area contributed by atoms with E-state index in [0.29, 0.717) is 10.2 Å². The fourth-order valence-corrected chi connectivity index (χ4v) is 1.94. The van der Waals surface area contributed by atoms with Gasteiger partial charge in [0.25, 0.3) is 0 Å². The van der Waals surface area contributed by atoms with Gasteiger partial charge in [0.05, 0.1) is 17.8 Å². The van der Waals surface area contributed by atoms with Crippen LogP contribution in [0, 0.1) is 5.82 Å². The lowest BCUT2D eigenvalue weighted by Gasteiger charge is -2.10. The first-order chi connectivity index (χ1) is 9.45. The van der Waals surface area contributed by atoms with Gasteiger partial charge in [0, 0.05) is 11.8 Å². The minimum Gasteiger partial charge on any atom is -0.464 e. The summed E-state index contributed by atoms with van der Waals surface area (Å²) in [6.45, 7) is 0. The second kappa shape index (κ2) is 5.72. The van der Waals surface area contributed by atoms with Crippen LogP contribution in [0.5, 0.6) is 0 Å². The molecule has 2 N–H and O–H groups in total. The molecule has 2 aromatic heterocycles. The maximum Gasteiger partial charge on any atom is 0.358 e. The van der Waals surface area contributed by atoms with Gasteiger partial charge < -0.3 is 10.5 Å². The first kappa shape index (κ1) is 14.7. The Balaban J connectivity index is 2.67. The van der Waals surface area contributed by atoms with E-state index in [2.05, 4.69) is 30.6 Å². The van der Waals surface area contributed by atoms with E-state index in [4.69, 9.17) is 17.3 Å². The number of carbonyl (C=O) groups is 1. The number of rotatable bonds is 2. The number of ether oxygens (including phenoxy) is 1. The number of carbonyl (C=O) groups excluding carboxylic acids is 1. The van der Waals surface area contributed by atoms with Crippen molar-refractivity contribution in [1.29, 1.82) is 0 Å². The van der Waals surface area contributed by atoms with Crippen LogP contribution in [0.4, 0.5) is 10.1 Å². The Kier molecular flexibility index (Phi) is 4.20. The van der Waals surface area contributed by atoms with Gasteiger partial charge in [-0.2, -0.15) is 0 Å². The quantitative estimate of drug-likeness (QED) is 0.658. The summed E-state index contributed by atoms with van der Waals surface area (Å²) in [5.74, 6) is -1.61. The molecule has 0 atom stereocenters. The molecular weight excluding hydrogens is 353 g/mol. The lowest BCUT2D eigenvalue weighted by molar-refractivity contribution is 0.0594. The molecule has 0 bridgehead atoms. The monoisotopic (exact) mass is 359 g/mol. The number of esters is 1. The molecule has 5 nitrogen and oxygen atoms in total. The number of hydrogen-bond acceptors (Lipinski definition) is 5. The average Bonchev–Trinajstić information content (AvgIpc) is 2.45. The van der Waals surface area contributed by atoms with Crippen molar-refractivity contribution in [3.63, 3.8) is 0 Å². The highest BCUT2D eigenvalue weighted by molar-refractivity contribution is 9.10. The Morgan fingerprint density at radius 1 is 1.50 bits per heavy atom. The van der Waals surface area contributed by atoms with Gasteiger partial charge in [-0.05, 0) is 28.1 Å². The standard InChI is InChI=1S/C12H8BrClFN3O2/c1-20-12(19)11-7(14)9(16)8(15)10(18-11)5-2-3-6(13)17-4-5/h2-4H,1H3,(H2,16,18). The summed E-state index contributed by atoms with van der Waals surface area (Å²) in [6.07, 6.45) is 1.39. The van der Waals surface area contributed by atoms with E-state index >= 15 is 0 Å². The highest BCUT2D eigenvalue weighted by atomic mass is 79.9. The third-order valence-corrected chi connectivity index (χ3v) is 3.34. The van der Waals surface area contributed by atoms with Crippen LogP contribution in [0.25, 0.3) is 11.3 Å². The number of nitrogen functional groups attached to an aromatic ring is 1. The van der Waals surface area contributed by atoms with Crippen molar-refractivity contribution in [2.24, 2.45) is 0 Å². The topological polar surface area (TPSA) is 78.1 Å². The number of methoxy groups -OCH3 is 1. The fraction of sp³-hybridized carbons (Fsp3) is 0.0833. The minimum atomic E-state index is -0.813. The van der Waals surface area contributed by atoms with Crippen LogP contribution in [0.15, 0.2) is 22.9 Å². The van der Waals surface area contributed by atoms with E-state index in [0.717, 1.165) is 0 Å². The van der Waals surface area contributed by atoms with Crippen molar-refractivity contribution in [3.05, 3.63) is 39.5 Å². The van der Waals surface area contributed by atoms with E-state index in [1.54, 1.807) is 12.1 Å². The summed E-state index contributed by atoms with van der Waals surface area (Å²) in [6, 6.07) is 3.19. The van der Waals surface area contributed by atoms with E-state index in [9.17, 15) is 9.18 Å². The predicted octanol–water partition coefficient (Wildman–Crippen LogP) is 3.07. The number of pyridine rings is 2. The summed E-state index contributed by atoms with van der Waals surface area (Å²) in [5.41, 5.74) is 5.20. The zero-order chi connectivity index (χ0) is 14.9. The molecule has 104 valence electrons. The third-order valence-electron chi connectivity index (χ3n) is 2.49. The molecule has 2 aromatic rings. The Morgan fingerprint density at radius 3 is 2.75 bits per heavy atom. The van der Waals surface area contributed by atoms with Crippen molar-refractivity contribution in [2.45, 2.75) is 0 Å². The largest absolute Gasteiger partial charge is 0.464 e. The van der Waals surface area contributed by atoms with Crippen molar-refractivity contribution in [3.8, 4) is 11.3 Å². The molecule has 0 aliphatic heterocycles. The molecule has 0 aliphatic rings. The Labute approximate surface area is 127 Å². The molecule has 2 heterocycles. The van der Waals surface area contributed by atoms with Crippen LogP contribution in [0.2, 0.25) is 5.02 Å². The molecule has 8 heteroatoms. The minimum absolute atomic E-state index is 0.118. The van der Waals surface area contributed by atoms with E-state index in [-0.39, 0.29) is 22.1 Å². The second-order valence-electron chi connectivity index (χ2n) is 3.71. The highest BCUT2D eigenvalue weighted by Gasteiger charge is 2.22. The predicted molar refractivity (Wildman–Crippen MR) is 75.9 cm³/mol. The molecular formula is C12H8BrClFN3O2. The van der Waals surface area contributed by atoms with Crippen LogP contribution in [-0.2, 0) is 4.74 Å². The van der Waals surface area contributed by atoms with Gasteiger partial charge in [-0.1, -0.05) is 11.6 Å². The molecule has 0 aliphatic carbocycles. The second-order valence-corrected chi connectivity index (χ2v) is 4.90. The molecule has 20 heavy (non-hydrogen) atoms. The molecule has 2 rings (SSSR count). The Morgan fingerprint density at radius 2 is 2.20 bits per heavy atom. The molecule has 0 radical (unpaired) electrons. The first-order valence-corrected chi connectivity index (χ1v) is 6.47. The van der Waals surface area contributed by atoms with E-state index in [1.807, 2.05) is 0 Å². The van der Waals surface area contributed by atoms with Crippen LogP contribution in [0.3, 0.4) is 0 Å². The number of halogens is 3. The number of hydrogen-bond donors (Lipinski definition) is 1. The van der Waals surface area contributed by atoms with Gasteiger partial charge in [-0.3, -0.25) is 0 Å². The average molecular weight is 361 g/mol. The molecule has 0 aromatic carbocycles. The molecule has 0 amide bonds. The SMILES string of the molecule is COC(=O)c1nc(-c2ccc(Br)nc2)c(F)c(N)c1Cl. The van der Waals surface area contributed by atoms with Gasteiger partial charge in [0.1, 0.15) is 10.3 Å². The zero-order valence-corrected chi connectivity index (χ0v) is 12.5. The summed E-state index contributed by atoms with van der Waals surface area (Å²) in [7, 11) is 1.17. The summed E-state index contributed by atoms with van der Waals surface area (Å²) < 4.78 is 19.2. The van der Waals surface area contributed by atoms with Crippen molar-refractivity contribution >= 4 is 39.2 Å². The lowest BCUT2D eigenvalue weighted by Crippen LogP contribution is -2.10. The fourth-order valence-electron chi connectivity index (χ4n) is 1.50. The number of aromatic nitrogens is 2. The molecule has 0 saturated heterocycles. The molecule has 0 spiro atoms. The number of nitrogens with two attached hydrogens (primary N) is 1. The normalized spacial score (nSPS) is 10.4. The maximum absolute atomic E-state index is 14.1. The van der Waals surface area contributed by atoms with Crippen LogP contribution < -0.4 is 5.73 Å². The van der Waals surface area contributed by atoms with Gasteiger partial charge in [-0.15, -0.1) is 0 Å². The summed E-state index contributed by atoms with van der Waals surface area (Å²) in [4.78, 5) is 19.4. The van der Waals surface area contributed by atoms with Crippen molar-refractivity contribution < 1.29 is 13.9 Å². The third kappa shape index (κ3) is 2.59. The molecule has 0 unspecified atom stereocenters. The van der Waals surface area contributed by atoms with Crippen LogP contribution in [-0.4, -0.2) is 23.0 Å². The summed E-state index contributed by atoms with van der Waals surface area (Å²) >= 11 is 8.97. The van der Waals surface area contributed by atoms with Gasteiger partial charge in [0.15, 0.2) is 11.5 Å². The van der Waals surface area contributed by atoms with Gasteiger partial charge in [0.2, 0.25) is 0 Å². The summed E-state index contributed by atoms with van der Waals surface area (Å²) in [5, 5.41) is -0.275. The zero-order valence-electron chi connectivity index (χ0n) is 10.2. The van der Waals surface area contributed by atoms with Crippen LogP contribution >= 0.6 is 27.5 Å². The molecule has 0 saturated carbocycles. The maximum atomic E-state index is 14.1. The van der Waals surface area contributed by atoms with E-state index in [1.165, 1.54) is 13.3 Å². The van der Waals surface area contributed by atoms with Crippen molar-refractivity contribution in [1.82, 2.24) is 9.97 Å². The van der Waals surface area contributed by atoms with E-state index < -0.39 is 11.8 Å². The van der Waals surface area contributed by atoms with Crippen molar-refractivity contribution in [2.75, 3.05) is 12.8 Å². The lowest BCUT2D eigenvalue weighted by atomic mass is 10.1. The first-order valence-electron chi connectivity index (χ1n) is 5.30. The van der Waals surface area contributed by atoms with Gasteiger partial charge >= 0.3 is 5.97 Å². The van der Waals surface area contributed by atoms with Crippen LogP contribution in [0.1, 0.15) is 10.5 Å². The highest BCUT2D eigenvalue weighted by Crippen LogP contribution is 2.32. The number of anilines is 1.